The first-order valence-electron chi connectivity index (χ1n) is 8.78. The van der Waals surface area contributed by atoms with Gasteiger partial charge in [-0.05, 0) is 55.5 Å². The minimum Gasteiger partial charge on any atom is -0.308 e. The fraction of sp³-hybridized carbons (Fsp3) is 0.300. The van der Waals surface area contributed by atoms with Crippen molar-refractivity contribution in [2.75, 3.05) is 13.2 Å². The maximum atomic E-state index is 13.6. The predicted octanol–water partition coefficient (Wildman–Crippen LogP) is 7.24. The van der Waals surface area contributed by atoms with Crippen LogP contribution in [-0.2, 0) is 20.0 Å². The highest BCUT2D eigenvalue weighted by molar-refractivity contribution is 7.54. The second kappa shape index (κ2) is 8.85. The molecule has 0 bridgehead atoms. The molecule has 3 rings (SSSR count). The molecule has 27 heavy (non-hydrogen) atoms. The van der Waals surface area contributed by atoms with E-state index in [1.807, 2.05) is 30.3 Å². The number of benzene rings is 2. The molecule has 0 aliphatic rings. The molecule has 0 amide bonds. The van der Waals surface area contributed by atoms with Crippen LogP contribution in [-0.4, -0.2) is 13.2 Å². The minimum absolute atomic E-state index is 0.274. The molecule has 1 atom stereocenters. The topological polar surface area (TPSA) is 35.5 Å². The van der Waals surface area contributed by atoms with Crippen LogP contribution in [0.2, 0.25) is 5.02 Å². The van der Waals surface area contributed by atoms with Crippen molar-refractivity contribution in [2.24, 2.45) is 0 Å². The molecule has 3 nitrogen and oxygen atoms in total. The normalized spacial score (nSPS) is 13.2. The van der Waals surface area contributed by atoms with Crippen LogP contribution in [0.5, 0.6) is 0 Å². The number of halogens is 2. The molecule has 7 heteroatoms. The Hall–Kier alpha value is -1.23. The Kier molecular flexibility index (Phi) is 6.72. The second-order valence-electron chi connectivity index (χ2n) is 6.02. The average molecular weight is 427 g/mol. The SMILES string of the molecule is CCOP(=O)(OCC)C(Cc1ccc(F)cc1Cl)c1cc2ccccc2s1. The summed E-state index contributed by atoms with van der Waals surface area (Å²) in [6.07, 6.45) is 0.337. The zero-order valence-corrected chi connectivity index (χ0v) is 17.6. The summed E-state index contributed by atoms with van der Waals surface area (Å²) in [7, 11) is -3.45. The summed E-state index contributed by atoms with van der Waals surface area (Å²) in [4.78, 5) is 0.904. The van der Waals surface area contributed by atoms with Crippen molar-refractivity contribution in [1.29, 1.82) is 0 Å². The summed E-state index contributed by atoms with van der Waals surface area (Å²) < 4.78 is 39.4. The van der Waals surface area contributed by atoms with Gasteiger partial charge in [0.05, 0.1) is 18.9 Å². The highest BCUT2D eigenvalue weighted by Gasteiger charge is 2.38. The third-order valence-corrected chi connectivity index (χ3v) is 8.42. The van der Waals surface area contributed by atoms with Crippen molar-refractivity contribution in [3.8, 4) is 0 Å². The molecule has 1 aromatic heterocycles. The highest BCUT2D eigenvalue weighted by Crippen LogP contribution is 2.63. The summed E-state index contributed by atoms with van der Waals surface area (Å²) in [5.41, 5.74) is 0.193. The van der Waals surface area contributed by atoms with Crippen LogP contribution in [0.1, 0.15) is 29.9 Å². The molecule has 3 aromatic rings. The molecule has 2 aromatic carbocycles. The maximum absolute atomic E-state index is 13.6. The summed E-state index contributed by atoms with van der Waals surface area (Å²) >= 11 is 7.80. The maximum Gasteiger partial charge on any atom is 0.339 e. The molecule has 0 fully saturated rings. The lowest BCUT2D eigenvalue weighted by molar-refractivity contribution is 0.212. The number of hydrogen-bond acceptors (Lipinski definition) is 4. The average Bonchev–Trinajstić information content (AvgIpc) is 3.05. The molecular formula is C20H21ClFO3PS. The first-order chi connectivity index (χ1) is 13.0. The highest BCUT2D eigenvalue weighted by atomic mass is 35.5. The number of thiophene rings is 1. The van der Waals surface area contributed by atoms with Crippen LogP contribution in [0.3, 0.4) is 0 Å². The smallest absolute Gasteiger partial charge is 0.308 e. The quantitative estimate of drug-likeness (QED) is 0.356. The first kappa shape index (κ1) is 20.5. The van der Waals surface area contributed by atoms with Gasteiger partial charge < -0.3 is 9.05 Å². The fourth-order valence-electron chi connectivity index (χ4n) is 3.01. The van der Waals surface area contributed by atoms with E-state index in [2.05, 4.69) is 0 Å². The Labute approximate surface area is 167 Å². The molecule has 0 N–H and O–H groups in total. The predicted molar refractivity (Wildman–Crippen MR) is 111 cm³/mol. The van der Waals surface area contributed by atoms with E-state index in [0.717, 1.165) is 15.0 Å². The van der Waals surface area contributed by atoms with Crippen LogP contribution >= 0.6 is 30.5 Å². The summed E-state index contributed by atoms with van der Waals surface area (Å²) in [6.45, 7) is 4.13. The molecule has 0 saturated carbocycles. The Morgan fingerprint density at radius 3 is 2.44 bits per heavy atom. The van der Waals surface area contributed by atoms with E-state index in [1.54, 1.807) is 31.3 Å². The molecule has 0 radical (unpaired) electrons. The van der Waals surface area contributed by atoms with Crippen LogP contribution in [0.4, 0.5) is 4.39 Å². The minimum atomic E-state index is -3.45. The summed E-state index contributed by atoms with van der Waals surface area (Å²) in [6, 6.07) is 14.3. The van der Waals surface area contributed by atoms with E-state index < -0.39 is 19.1 Å². The summed E-state index contributed by atoms with van der Waals surface area (Å²) in [5, 5.41) is 1.38. The zero-order chi connectivity index (χ0) is 19.4. The Morgan fingerprint density at radius 1 is 1.11 bits per heavy atom. The van der Waals surface area contributed by atoms with Gasteiger partial charge in [0, 0.05) is 14.6 Å². The zero-order valence-electron chi connectivity index (χ0n) is 15.2. The molecule has 0 aliphatic carbocycles. The van der Waals surface area contributed by atoms with Crippen molar-refractivity contribution < 1.29 is 18.0 Å². The largest absolute Gasteiger partial charge is 0.339 e. The van der Waals surface area contributed by atoms with Gasteiger partial charge in [0.2, 0.25) is 0 Å². The van der Waals surface area contributed by atoms with Crippen molar-refractivity contribution in [1.82, 2.24) is 0 Å². The lowest BCUT2D eigenvalue weighted by Gasteiger charge is -2.26. The van der Waals surface area contributed by atoms with E-state index >= 15 is 0 Å². The van der Waals surface area contributed by atoms with Gasteiger partial charge in [-0.1, -0.05) is 35.9 Å². The van der Waals surface area contributed by atoms with Gasteiger partial charge in [-0.25, -0.2) is 4.39 Å². The van der Waals surface area contributed by atoms with Gasteiger partial charge in [-0.2, -0.15) is 0 Å². The third kappa shape index (κ3) is 4.61. The molecule has 1 unspecified atom stereocenters. The van der Waals surface area contributed by atoms with E-state index in [4.69, 9.17) is 20.6 Å². The number of hydrogen-bond donors (Lipinski definition) is 0. The summed E-state index contributed by atoms with van der Waals surface area (Å²) in [5.74, 6) is -0.403. The van der Waals surface area contributed by atoms with Crippen LogP contribution in [0.15, 0.2) is 48.5 Å². The number of rotatable bonds is 8. The molecular weight excluding hydrogens is 406 g/mol. The Morgan fingerprint density at radius 2 is 1.81 bits per heavy atom. The first-order valence-corrected chi connectivity index (χ1v) is 11.6. The van der Waals surface area contributed by atoms with E-state index in [9.17, 15) is 8.96 Å². The van der Waals surface area contributed by atoms with E-state index in [-0.39, 0.29) is 13.2 Å². The van der Waals surface area contributed by atoms with E-state index in [0.29, 0.717) is 17.0 Å². The van der Waals surface area contributed by atoms with Crippen molar-refractivity contribution in [3.05, 3.63) is 69.8 Å². The van der Waals surface area contributed by atoms with Gasteiger partial charge >= 0.3 is 7.60 Å². The lowest BCUT2D eigenvalue weighted by atomic mass is 10.1. The van der Waals surface area contributed by atoms with Gasteiger partial charge in [-0.15, -0.1) is 11.3 Å². The molecule has 0 spiro atoms. The number of fused-ring (bicyclic) bond motifs is 1. The van der Waals surface area contributed by atoms with Gasteiger partial charge in [0.25, 0.3) is 0 Å². The monoisotopic (exact) mass is 426 g/mol. The van der Waals surface area contributed by atoms with E-state index in [1.165, 1.54) is 12.1 Å². The second-order valence-corrected chi connectivity index (χ2v) is 9.76. The van der Waals surface area contributed by atoms with Gasteiger partial charge in [-0.3, -0.25) is 4.57 Å². The van der Waals surface area contributed by atoms with Gasteiger partial charge in [0.1, 0.15) is 5.82 Å². The Bertz CT molecular complexity index is 932. The van der Waals surface area contributed by atoms with Crippen molar-refractivity contribution in [3.63, 3.8) is 0 Å². The Balaban J connectivity index is 2.08. The van der Waals surface area contributed by atoms with Gasteiger partial charge in [0.15, 0.2) is 0 Å². The fourth-order valence-corrected chi connectivity index (χ4v) is 6.81. The van der Waals surface area contributed by atoms with Crippen LogP contribution in [0, 0.1) is 5.82 Å². The van der Waals surface area contributed by atoms with Crippen LogP contribution in [0.25, 0.3) is 10.1 Å². The molecule has 144 valence electrons. The third-order valence-electron chi connectivity index (χ3n) is 4.20. The van der Waals surface area contributed by atoms with Crippen molar-refractivity contribution >= 4 is 40.6 Å². The molecule has 0 aliphatic heterocycles. The standard InChI is InChI=1S/C20H21ClFO3PS/c1-3-24-26(23,25-4-2)18(11-14-9-10-16(22)13-17(14)21)20-12-15-7-5-6-8-19(15)27-20/h5-10,12-13,18H,3-4,11H2,1-2H3. The molecule has 1 heterocycles. The van der Waals surface area contributed by atoms with Crippen LogP contribution < -0.4 is 0 Å². The lowest BCUT2D eigenvalue weighted by Crippen LogP contribution is -2.09. The molecule has 0 saturated heterocycles. The van der Waals surface area contributed by atoms with Crippen molar-refractivity contribution in [2.45, 2.75) is 25.9 Å².